The van der Waals surface area contributed by atoms with Gasteiger partial charge >= 0.3 is 0 Å². The second-order valence-electron chi connectivity index (χ2n) is 1.55. The van der Waals surface area contributed by atoms with Crippen LogP contribution in [0.3, 0.4) is 0 Å². The van der Waals surface area contributed by atoms with Gasteiger partial charge in [0.15, 0.2) is 0 Å². The molecule has 0 amide bonds. The number of ether oxygens (including phenoxy) is 1. The molecule has 0 saturated carbocycles. The number of halogens is 1. The summed E-state index contributed by atoms with van der Waals surface area (Å²) in [4.78, 5) is 0. The minimum absolute atomic E-state index is 1.06. The van der Waals surface area contributed by atoms with E-state index in [9.17, 15) is 0 Å². The fourth-order valence-corrected chi connectivity index (χ4v) is 1.01. The van der Waals surface area contributed by atoms with E-state index in [1.54, 1.807) is 13.4 Å². The van der Waals surface area contributed by atoms with Gasteiger partial charge in [-0.15, -0.1) is 0 Å². The number of hydrogen-bond donors (Lipinski definition) is 0. The van der Waals surface area contributed by atoms with Crippen LogP contribution in [-0.2, 0) is 4.74 Å². The van der Waals surface area contributed by atoms with Crippen molar-refractivity contribution >= 4 is 15.9 Å². The lowest BCUT2D eigenvalue weighted by molar-refractivity contribution is 0.335. The fourth-order valence-electron chi connectivity index (χ4n) is 0.426. The lowest BCUT2D eigenvalue weighted by Gasteiger charge is -1.92. The Morgan fingerprint density at radius 2 is 2.38 bits per heavy atom. The van der Waals surface area contributed by atoms with E-state index in [2.05, 4.69) is 22.9 Å². The van der Waals surface area contributed by atoms with Gasteiger partial charge in [0, 0.05) is 4.48 Å². The molecule has 1 nitrogen and oxygen atoms in total. The van der Waals surface area contributed by atoms with Gasteiger partial charge in [0.05, 0.1) is 13.4 Å². The van der Waals surface area contributed by atoms with Gasteiger partial charge in [-0.1, -0.05) is 29.3 Å². The van der Waals surface area contributed by atoms with Crippen molar-refractivity contribution in [1.82, 2.24) is 0 Å². The SMILES string of the molecule is CCC/C(Br)=C/OC. The minimum Gasteiger partial charge on any atom is -0.504 e. The van der Waals surface area contributed by atoms with Crippen molar-refractivity contribution in [3.8, 4) is 0 Å². The van der Waals surface area contributed by atoms with E-state index in [1.165, 1.54) is 0 Å². The first-order chi connectivity index (χ1) is 3.81. The molecule has 0 aliphatic rings. The minimum atomic E-state index is 1.06. The van der Waals surface area contributed by atoms with Crippen molar-refractivity contribution in [2.75, 3.05) is 7.11 Å². The van der Waals surface area contributed by atoms with Gasteiger partial charge in [-0.3, -0.25) is 0 Å². The average molecular weight is 179 g/mol. The molecule has 0 aromatic carbocycles. The molecule has 0 spiro atoms. The smallest absolute Gasteiger partial charge is 0.0925 e. The van der Waals surface area contributed by atoms with E-state index < -0.39 is 0 Å². The van der Waals surface area contributed by atoms with Crippen LogP contribution in [-0.4, -0.2) is 7.11 Å². The molecule has 0 aromatic heterocycles. The molecule has 0 aliphatic heterocycles. The third kappa shape index (κ3) is 4.19. The zero-order valence-electron chi connectivity index (χ0n) is 5.28. The summed E-state index contributed by atoms with van der Waals surface area (Å²) in [5, 5.41) is 0. The van der Waals surface area contributed by atoms with Crippen LogP contribution in [0.15, 0.2) is 10.7 Å². The van der Waals surface area contributed by atoms with Crippen LogP contribution in [0.25, 0.3) is 0 Å². The summed E-state index contributed by atoms with van der Waals surface area (Å²) >= 11 is 3.33. The quantitative estimate of drug-likeness (QED) is 0.605. The molecule has 0 atom stereocenters. The van der Waals surface area contributed by atoms with Gasteiger partial charge in [-0.2, -0.15) is 0 Å². The summed E-state index contributed by atoms with van der Waals surface area (Å²) < 4.78 is 5.87. The first-order valence-electron chi connectivity index (χ1n) is 2.68. The molecule has 0 N–H and O–H groups in total. The molecule has 0 saturated heterocycles. The van der Waals surface area contributed by atoms with Crippen LogP contribution in [0.2, 0.25) is 0 Å². The van der Waals surface area contributed by atoms with Crippen molar-refractivity contribution < 1.29 is 4.74 Å². The van der Waals surface area contributed by atoms with Crippen LogP contribution in [0.5, 0.6) is 0 Å². The Labute approximate surface area is 58.9 Å². The van der Waals surface area contributed by atoms with Crippen LogP contribution in [0.1, 0.15) is 19.8 Å². The van der Waals surface area contributed by atoms with Crippen LogP contribution in [0, 0.1) is 0 Å². The van der Waals surface area contributed by atoms with Gasteiger partial charge in [0.25, 0.3) is 0 Å². The lowest BCUT2D eigenvalue weighted by Crippen LogP contribution is -1.72. The maximum atomic E-state index is 4.75. The Kier molecular flexibility index (Phi) is 5.18. The number of methoxy groups -OCH3 is 1. The van der Waals surface area contributed by atoms with Gasteiger partial charge in [-0.05, 0) is 6.42 Å². The summed E-state index contributed by atoms with van der Waals surface area (Å²) in [6.07, 6.45) is 3.93. The molecule has 8 heavy (non-hydrogen) atoms. The highest BCUT2D eigenvalue weighted by Gasteiger charge is 1.85. The molecular formula is C6H11BrO. The maximum Gasteiger partial charge on any atom is 0.0925 e. The molecule has 0 aromatic rings. The van der Waals surface area contributed by atoms with Gasteiger partial charge in [0.1, 0.15) is 0 Å². The number of allylic oxidation sites excluding steroid dienone is 1. The van der Waals surface area contributed by atoms with Crippen LogP contribution < -0.4 is 0 Å². The van der Waals surface area contributed by atoms with E-state index >= 15 is 0 Å². The molecule has 0 heterocycles. The van der Waals surface area contributed by atoms with Gasteiger partial charge in [0.2, 0.25) is 0 Å². The Bertz CT molecular complexity index is 78.6. The average Bonchev–Trinajstić information content (AvgIpc) is 1.68. The normalized spacial score (nSPS) is 11.6. The van der Waals surface area contributed by atoms with Crippen molar-refractivity contribution in [2.45, 2.75) is 19.8 Å². The third-order valence-electron chi connectivity index (χ3n) is 0.735. The molecular weight excluding hydrogens is 168 g/mol. The molecule has 0 unspecified atom stereocenters. The fraction of sp³-hybridized carbons (Fsp3) is 0.667. The van der Waals surface area contributed by atoms with E-state index in [4.69, 9.17) is 4.74 Å². The topological polar surface area (TPSA) is 9.23 Å². The third-order valence-corrected chi connectivity index (χ3v) is 1.32. The molecule has 0 rings (SSSR count). The summed E-state index contributed by atoms with van der Waals surface area (Å²) in [6, 6.07) is 0. The van der Waals surface area contributed by atoms with E-state index in [0.717, 1.165) is 17.3 Å². The highest BCUT2D eigenvalue weighted by Crippen LogP contribution is 2.11. The van der Waals surface area contributed by atoms with Crippen molar-refractivity contribution in [2.24, 2.45) is 0 Å². The molecule has 48 valence electrons. The Hall–Kier alpha value is 0.0200. The number of hydrogen-bond acceptors (Lipinski definition) is 1. The van der Waals surface area contributed by atoms with E-state index in [1.807, 2.05) is 0 Å². The zero-order chi connectivity index (χ0) is 6.41. The Morgan fingerprint density at radius 1 is 1.75 bits per heavy atom. The summed E-state index contributed by atoms with van der Waals surface area (Å²) in [5.74, 6) is 0. The highest BCUT2D eigenvalue weighted by atomic mass is 79.9. The zero-order valence-corrected chi connectivity index (χ0v) is 6.86. The monoisotopic (exact) mass is 178 g/mol. The molecule has 0 radical (unpaired) electrons. The first-order valence-corrected chi connectivity index (χ1v) is 3.48. The van der Waals surface area contributed by atoms with Crippen LogP contribution in [0.4, 0.5) is 0 Å². The second-order valence-corrected chi connectivity index (χ2v) is 2.57. The van der Waals surface area contributed by atoms with Gasteiger partial charge < -0.3 is 4.74 Å². The summed E-state index contributed by atoms with van der Waals surface area (Å²) in [5.41, 5.74) is 0. The highest BCUT2D eigenvalue weighted by molar-refractivity contribution is 9.11. The van der Waals surface area contributed by atoms with E-state index in [0.29, 0.717) is 0 Å². The number of rotatable bonds is 3. The molecule has 0 aliphatic carbocycles. The van der Waals surface area contributed by atoms with Crippen molar-refractivity contribution in [1.29, 1.82) is 0 Å². The van der Waals surface area contributed by atoms with Crippen molar-refractivity contribution in [3.05, 3.63) is 10.7 Å². The summed E-state index contributed by atoms with van der Waals surface area (Å²) in [7, 11) is 1.65. The lowest BCUT2D eigenvalue weighted by atomic mass is 10.3. The molecule has 2 heteroatoms. The van der Waals surface area contributed by atoms with E-state index in [-0.39, 0.29) is 0 Å². The predicted octanol–water partition coefficient (Wildman–Crippen LogP) is 2.67. The van der Waals surface area contributed by atoms with Crippen LogP contribution >= 0.6 is 15.9 Å². The van der Waals surface area contributed by atoms with Gasteiger partial charge in [-0.25, -0.2) is 0 Å². The Morgan fingerprint density at radius 3 is 2.75 bits per heavy atom. The molecule has 0 fully saturated rings. The summed E-state index contributed by atoms with van der Waals surface area (Å²) in [6.45, 7) is 2.13. The second kappa shape index (κ2) is 5.16. The largest absolute Gasteiger partial charge is 0.504 e. The molecule has 0 bridgehead atoms. The first kappa shape index (κ1) is 8.02. The van der Waals surface area contributed by atoms with Crippen molar-refractivity contribution in [3.63, 3.8) is 0 Å². The predicted molar refractivity (Wildman–Crippen MR) is 38.9 cm³/mol. The Balaban J connectivity index is 3.29. The standard InChI is InChI=1S/C6H11BrO/c1-3-4-6(7)5-8-2/h5H,3-4H2,1-2H3/b6-5-. The maximum absolute atomic E-state index is 4.75.